The molecule has 88 valence electrons. The maximum atomic E-state index is 5.93. The molecule has 5 nitrogen and oxygen atoms in total. The smallest absolute Gasteiger partial charge is 0.201 e. The van der Waals surface area contributed by atoms with Crippen LogP contribution in [0.15, 0.2) is 10.7 Å². The van der Waals surface area contributed by atoms with Crippen LogP contribution in [0.4, 0.5) is 5.69 Å². The Balaban J connectivity index is 2.31. The van der Waals surface area contributed by atoms with Crippen LogP contribution < -0.4 is 5.73 Å². The molecular weight excluding hydrogens is 236 g/mol. The Bertz CT molecular complexity index is 707. The molecule has 0 saturated carbocycles. The fraction of sp³-hybridized carbons (Fsp3) is 0.273. The number of nitrogens with zero attached hydrogens (tertiary/aromatic N) is 3. The molecule has 0 radical (unpaired) electrons. The summed E-state index contributed by atoms with van der Waals surface area (Å²) in [4.78, 5) is 1.06. The SMILES string of the molecule is Cc1nn(C)cc1-c1noc2c(N)c(C)sc12. The first-order valence-electron chi connectivity index (χ1n) is 5.22. The number of nitrogens with two attached hydrogens (primary N) is 1. The van der Waals surface area contributed by atoms with Crippen molar-refractivity contribution in [3.63, 3.8) is 0 Å². The largest absolute Gasteiger partial charge is 0.395 e. The van der Waals surface area contributed by atoms with Crippen LogP contribution in [0.5, 0.6) is 0 Å². The predicted octanol–water partition coefficient (Wildman–Crippen LogP) is 2.49. The molecule has 3 aromatic heterocycles. The highest BCUT2D eigenvalue weighted by Crippen LogP contribution is 2.39. The number of aryl methyl sites for hydroxylation is 3. The summed E-state index contributed by atoms with van der Waals surface area (Å²) in [5, 5.41) is 8.42. The topological polar surface area (TPSA) is 69.9 Å². The average Bonchev–Trinajstić information content (AvgIpc) is 2.87. The monoisotopic (exact) mass is 248 g/mol. The van der Waals surface area contributed by atoms with Crippen LogP contribution in [0.3, 0.4) is 0 Å². The lowest BCUT2D eigenvalue weighted by Crippen LogP contribution is -1.86. The highest BCUT2D eigenvalue weighted by Gasteiger charge is 2.19. The Labute approximate surface area is 102 Å². The lowest BCUT2D eigenvalue weighted by atomic mass is 10.2. The molecule has 0 aromatic carbocycles. The van der Waals surface area contributed by atoms with E-state index in [0.29, 0.717) is 11.3 Å². The van der Waals surface area contributed by atoms with Gasteiger partial charge in [-0.1, -0.05) is 5.16 Å². The minimum Gasteiger partial charge on any atom is -0.395 e. The molecule has 3 heterocycles. The standard InChI is InChI=1S/C11H12N4OS/c1-5-7(4-15(3)13-5)9-11-10(16-14-9)8(12)6(2)17-11/h4H,12H2,1-3H3. The molecule has 6 heteroatoms. The summed E-state index contributed by atoms with van der Waals surface area (Å²) in [6.45, 7) is 3.94. The van der Waals surface area contributed by atoms with E-state index in [1.807, 2.05) is 27.1 Å². The van der Waals surface area contributed by atoms with Crippen molar-refractivity contribution in [2.75, 3.05) is 5.73 Å². The second-order valence-electron chi connectivity index (χ2n) is 4.06. The van der Waals surface area contributed by atoms with Gasteiger partial charge in [-0.15, -0.1) is 11.3 Å². The zero-order chi connectivity index (χ0) is 12.2. The van der Waals surface area contributed by atoms with Gasteiger partial charge >= 0.3 is 0 Å². The molecular formula is C11H12N4OS. The Kier molecular flexibility index (Phi) is 2.03. The molecule has 0 atom stereocenters. The van der Waals surface area contributed by atoms with Gasteiger partial charge in [-0.2, -0.15) is 5.10 Å². The van der Waals surface area contributed by atoms with Crippen LogP contribution >= 0.6 is 11.3 Å². The first-order chi connectivity index (χ1) is 8.08. The van der Waals surface area contributed by atoms with Crippen molar-refractivity contribution in [1.29, 1.82) is 0 Å². The van der Waals surface area contributed by atoms with Crippen molar-refractivity contribution in [2.45, 2.75) is 13.8 Å². The van der Waals surface area contributed by atoms with E-state index in [-0.39, 0.29) is 0 Å². The van der Waals surface area contributed by atoms with Crippen LogP contribution in [-0.2, 0) is 7.05 Å². The Morgan fingerprint density at radius 2 is 2.18 bits per heavy atom. The van der Waals surface area contributed by atoms with Crippen molar-refractivity contribution < 1.29 is 4.52 Å². The highest BCUT2D eigenvalue weighted by molar-refractivity contribution is 7.20. The van der Waals surface area contributed by atoms with Crippen LogP contribution in [0.2, 0.25) is 0 Å². The molecule has 0 unspecified atom stereocenters. The lowest BCUT2D eigenvalue weighted by Gasteiger charge is -1.89. The van der Waals surface area contributed by atoms with E-state index in [0.717, 1.165) is 26.5 Å². The summed E-state index contributed by atoms with van der Waals surface area (Å²) in [7, 11) is 1.89. The summed E-state index contributed by atoms with van der Waals surface area (Å²) in [6.07, 6.45) is 1.94. The Morgan fingerprint density at radius 1 is 1.41 bits per heavy atom. The second-order valence-corrected chi connectivity index (χ2v) is 5.29. The average molecular weight is 248 g/mol. The molecule has 2 N–H and O–H groups in total. The molecule has 0 bridgehead atoms. The molecule has 17 heavy (non-hydrogen) atoms. The summed E-state index contributed by atoms with van der Waals surface area (Å²) in [6, 6.07) is 0. The second kappa shape index (κ2) is 3.33. The van der Waals surface area contributed by atoms with E-state index >= 15 is 0 Å². The number of anilines is 1. The third kappa shape index (κ3) is 1.37. The summed E-state index contributed by atoms with van der Waals surface area (Å²) in [5.41, 5.74) is 10.1. The molecule has 0 saturated heterocycles. The summed E-state index contributed by atoms with van der Waals surface area (Å²) in [5.74, 6) is 0. The van der Waals surface area contributed by atoms with E-state index in [1.165, 1.54) is 0 Å². The number of fused-ring (bicyclic) bond motifs is 1. The van der Waals surface area contributed by atoms with Crippen LogP contribution in [0.1, 0.15) is 10.6 Å². The Hall–Kier alpha value is -1.82. The highest BCUT2D eigenvalue weighted by atomic mass is 32.1. The van der Waals surface area contributed by atoms with Crippen molar-refractivity contribution >= 4 is 27.3 Å². The predicted molar refractivity (Wildman–Crippen MR) is 68.0 cm³/mol. The minimum absolute atomic E-state index is 0.685. The number of thiophene rings is 1. The van der Waals surface area contributed by atoms with Gasteiger partial charge in [-0.3, -0.25) is 4.68 Å². The molecule has 3 rings (SSSR count). The van der Waals surface area contributed by atoms with Crippen LogP contribution in [-0.4, -0.2) is 14.9 Å². The maximum absolute atomic E-state index is 5.93. The van der Waals surface area contributed by atoms with Gasteiger partial charge in [-0.05, 0) is 13.8 Å². The third-order valence-corrected chi connectivity index (χ3v) is 3.91. The molecule has 0 aliphatic carbocycles. The third-order valence-electron chi connectivity index (χ3n) is 2.80. The maximum Gasteiger partial charge on any atom is 0.201 e. The van der Waals surface area contributed by atoms with Gasteiger partial charge < -0.3 is 10.3 Å². The van der Waals surface area contributed by atoms with Crippen LogP contribution in [0, 0.1) is 13.8 Å². The first-order valence-corrected chi connectivity index (χ1v) is 6.04. The lowest BCUT2D eigenvalue weighted by molar-refractivity contribution is 0.460. The minimum atomic E-state index is 0.685. The number of aromatic nitrogens is 3. The van der Waals surface area contributed by atoms with Crippen molar-refractivity contribution in [3.8, 4) is 11.3 Å². The Morgan fingerprint density at radius 3 is 2.82 bits per heavy atom. The molecule has 0 aliphatic rings. The summed E-state index contributed by atoms with van der Waals surface area (Å²) >= 11 is 1.61. The van der Waals surface area contributed by atoms with E-state index in [1.54, 1.807) is 16.0 Å². The van der Waals surface area contributed by atoms with Gasteiger partial charge in [0, 0.05) is 23.7 Å². The molecule has 0 amide bonds. The van der Waals surface area contributed by atoms with Crippen molar-refractivity contribution in [1.82, 2.24) is 14.9 Å². The zero-order valence-corrected chi connectivity index (χ0v) is 10.6. The number of hydrogen-bond donors (Lipinski definition) is 1. The zero-order valence-electron chi connectivity index (χ0n) is 9.81. The van der Waals surface area contributed by atoms with Gasteiger partial charge in [0.2, 0.25) is 5.58 Å². The summed E-state index contributed by atoms with van der Waals surface area (Å²) < 4.78 is 8.09. The number of hydrogen-bond acceptors (Lipinski definition) is 5. The number of nitrogen functional groups attached to an aromatic ring is 1. The van der Waals surface area contributed by atoms with Gasteiger partial charge in [-0.25, -0.2) is 0 Å². The first kappa shape index (κ1) is 10.3. The van der Waals surface area contributed by atoms with Crippen LogP contribution in [0.25, 0.3) is 21.5 Å². The molecule has 0 aliphatic heterocycles. The molecule has 0 spiro atoms. The van der Waals surface area contributed by atoms with E-state index in [9.17, 15) is 0 Å². The van der Waals surface area contributed by atoms with E-state index in [2.05, 4.69) is 10.3 Å². The fourth-order valence-electron chi connectivity index (χ4n) is 1.92. The fourth-order valence-corrected chi connectivity index (χ4v) is 2.91. The molecule has 3 aromatic rings. The van der Waals surface area contributed by atoms with Crippen molar-refractivity contribution in [2.24, 2.45) is 7.05 Å². The van der Waals surface area contributed by atoms with Gasteiger partial charge in [0.15, 0.2) is 0 Å². The normalized spacial score (nSPS) is 11.5. The number of rotatable bonds is 1. The van der Waals surface area contributed by atoms with Gasteiger partial charge in [0.05, 0.1) is 11.4 Å². The van der Waals surface area contributed by atoms with Gasteiger partial charge in [0.1, 0.15) is 10.4 Å². The van der Waals surface area contributed by atoms with Crippen molar-refractivity contribution in [3.05, 3.63) is 16.8 Å². The van der Waals surface area contributed by atoms with E-state index < -0.39 is 0 Å². The van der Waals surface area contributed by atoms with Gasteiger partial charge in [0.25, 0.3) is 0 Å². The quantitative estimate of drug-likeness (QED) is 0.718. The molecule has 0 fully saturated rings. The van der Waals surface area contributed by atoms with E-state index in [4.69, 9.17) is 10.3 Å².